The van der Waals surface area contributed by atoms with Crippen LogP contribution >= 0.6 is 0 Å². The lowest BCUT2D eigenvalue weighted by atomic mass is 10.0. The lowest BCUT2D eigenvalue weighted by Gasteiger charge is -2.18. The van der Waals surface area contributed by atoms with Crippen molar-refractivity contribution < 1.29 is 28.6 Å². The van der Waals surface area contributed by atoms with E-state index in [0.29, 0.717) is 19.3 Å². The Morgan fingerprint density at radius 2 is 0.690 bits per heavy atom. The van der Waals surface area contributed by atoms with Gasteiger partial charge in [0.05, 0.1) is 0 Å². The Labute approximate surface area is 358 Å². The summed E-state index contributed by atoms with van der Waals surface area (Å²) in [7, 11) is 0. The average Bonchev–Trinajstić information content (AvgIpc) is 3.22. The molecule has 0 N–H and O–H groups in total. The van der Waals surface area contributed by atoms with Crippen LogP contribution < -0.4 is 0 Å². The van der Waals surface area contributed by atoms with Gasteiger partial charge in [-0.15, -0.1) is 0 Å². The highest BCUT2D eigenvalue weighted by Crippen LogP contribution is 2.15. The molecule has 6 nitrogen and oxygen atoms in total. The highest BCUT2D eigenvalue weighted by Gasteiger charge is 2.19. The fraction of sp³-hybridized carbons (Fsp3) is 0.788. The molecule has 0 spiro atoms. The third kappa shape index (κ3) is 44.5. The zero-order chi connectivity index (χ0) is 42.3. The standard InChI is InChI=1S/C52H92O6/c1-4-7-10-13-16-19-22-24-25-26-27-28-31-33-36-39-42-45-51(54)57-48-49(47-56-50(53)44-41-38-35-32-29-21-18-15-12-9-6-3)58-52(55)46-43-40-37-34-30-23-20-17-14-11-8-5-2/h15-16,18-19,21,24-25,29,49H,4-14,17,20,22-23,26-28,30-48H2,1-3H3/b18-15-,19-16-,25-24-,29-21-. The van der Waals surface area contributed by atoms with Crippen molar-refractivity contribution in [3.63, 3.8) is 0 Å². The summed E-state index contributed by atoms with van der Waals surface area (Å²) in [6, 6.07) is 0. The Balaban J connectivity index is 4.37. The number of allylic oxidation sites excluding steroid dienone is 8. The fourth-order valence-corrected chi connectivity index (χ4v) is 6.80. The van der Waals surface area contributed by atoms with Crippen LogP contribution in [0, 0.1) is 0 Å². The second-order valence-electron chi connectivity index (χ2n) is 16.4. The molecule has 0 rings (SSSR count). The van der Waals surface area contributed by atoms with Crippen LogP contribution in [0.15, 0.2) is 48.6 Å². The van der Waals surface area contributed by atoms with Crippen molar-refractivity contribution in [2.75, 3.05) is 13.2 Å². The molecule has 58 heavy (non-hydrogen) atoms. The number of unbranched alkanes of at least 4 members (excludes halogenated alkanes) is 26. The lowest BCUT2D eigenvalue weighted by Crippen LogP contribution is -2.30. The molecule has 0 radical (unpaired) electrons. The summed E-state index contributed by atoms with van der Waals surface area (Å²) < 4.78 is 16.7. The Morgan fingerprint density at radius 1 is 0.362 bits per heavy atom. The Hall–Kier alpha value is -2.63. The molecule has 1 atom stereocenters. The third-order valence-electron chi connectivity index (χ3n) is 10.6. The lowest BCUT2D eigenvalue weighted by molar-refractivity contribution is -0.167. The van der Waals surface area contributed by atoms with Crippen LogP contribution in [-0.4, -0.2) is 37.2 Å². The van der Waals surface area contributed by atoms with Crippen LogP contribution in [0.2, 0.25) is 0 Å². The van der Waals surface area contributed by atoms with Gasteiger partial charge < -0.3 is 14.2 Å². The molecule has 6 heteroatoms. The van der Waals surface area contributed by atoms with E-state index in [4.69, 9.17) is 14.2 Å². The summed E-state index contributed by atoms with van der Waals surface area (Å²) in [5, 5.41) is 0. The summed E-state index contributed by atoms with van der Waals surface area (Å²) in [5.74, 6) is -0.916. The van der Waals surface area contributed by atoms with Crippen LogP contribution in [0.3, 0.4) is 0 Å². The second-order valence-corrected chi connectivity index (χ2v) is 16.4. The molecule has 0 amide bonds. The molecular weight excluding hydrogens is 721 g/mol. The van der Waals surface area contributed by atoms with Crippen LogP contribution in [-0.2, 0) is 28.6 Å². The number of esters is 3. The molecule has 0 fully saturated rings. The molecule has 336 valence electrons. The van der Waals surface area contributed by atoms with Gasteiger partial charge in [-0.05, 0) is 70.6 Å². The molecule has 0 saturated carbocycles. The van der Waals surface area contributed by atoms with Gasteiger partial charge in [0.25, 0.3) is 0 Å². The molecule has 0 saturated heterocycles. The van der Waals surface area contributed by atoms with Gasteiger partial charge in [-0.3, -0.25) is 14.4 Å². The van der Waals surface area contributed by atoms with Crippen molar-refractivity contribution >= 4 is 17.9 Å². The monoisotopic (exact) mass is 813 g/mol. The van der Waals surface area contributed by atoms with Gasteiger partial charge in [0.2, 0.25) is 0 Å². The van der Waals surface area contributed by atoms with Crippen LogP contribution in [0.25, 0.3) is 0 Å². The number of hydrogen-bond acceptors (Lipinski definition) is 6. The first-order valence-electron chi connectivity index (χ1n) is 24.7. The number of carbonyl (C=O) groups excluding carboxylic acids is 3. The van der Waals surface area contributed by atoms with Crippen molar-refractivity contribution in [1.82, 2.24) is 0 Å². The van der Waals surface area contributed by atoms with Crippen LogP contribution in [0.5, 0.6) is 0 Å². The number of carbonyl (C=O) groups is 3. The summed E-state index contributed by atoms with van der Waals surface area (Å²) in [5.41, 5.74) is 0. The SMILES string of the molecule is CCCC/C=C\C=C/CCCCCC(=O)OCC(COC(=O)CCCCCCCCC/C=C\C/C=C\CCCCC)OC(=O)CCCCCCCCCCCCCC. The topological polar surface area (TPSA) is 78.9 Å². The Morgan fingerprint density at radius 3 is 1.16 bits per heavy atom. The van der Waals surface area contributed by atoms with E-state index in [1.165, 1.54) is 122 Å². The molecule has 0 bridgehead atoms. The van der Waals surface area contributed by atoms with E-state index in [1.54, 1.807) is 0 Å². The highest BCUT2D eigenvalue weighted by atomic mass is 16.6. The minimum Gasteiger partial charge on any atom is -0.462 e. The van der Waals surface area contributed by atoms with E-state index in [1.807, 2.05) is 0 Å². The maximum atomic E-state index is 12.7. The Bertz CT molecular complexity index is 1030. The van der Waals surface area contributed by atoms with Gasteiger partial charge in [-0.25, -0.2) is 0 Å². The molecule has 0 aromatic rings. The second kappa shape index (κ2) is 47.1. The summed E-state index contributed by atoms with van der Waals surface area (Å²) >= 11 is 0. The first kappa shape index (κ1) is 55.4. The Kier molecular flexibility index (Phi) is 44.9. The first-order chi connectivity index (χ1) is 28.5. The molecule has 0 aromatic carbocycles. The van der Waals surface area contributed by atoms with Gasteiger partial charge in [0, 0.05) is 19.3 Å². The van der Waals surface area contributed by atoms with Gasteiger partial charge in [-0.1, -0.05) is 204 Å². The summed E-state index contributed by atoms with van der Waals surface area (Å²) in [6.45, 7) is 6.53. The van der Waals surface area contributed by atoms with E-state index < -0.39 is 6.10 Å². The largest absolute Gasteiger partial charge is 0.462 e. The minimum atomic E-state index is -0.782. The zero-order valence-electron chi connectivity index (χ0n) is 38.3. The maximum Gasteiger partial charge on any atom is 0.306 e. The normalized spacial score (nSPS) is 12.4. The zero-order valence-corrected chi connectivity index (χ0v) is 38.3. The van der Waals surface area contributed by atoms with Crippen molar-refractivity contribution in [2.24, 2.45) is 0 Å². The third-order valence-corrected chi connectivity index (χ3v) is 10.6. The first-order valence-corrected chi connectivity index (χ1v) is 24.7. The van der Waals surface area contributed by atoms with E-state index in [2.05, 4.69) is 69.4 Å². The smallest absolute Gasteiger partial charge is 0.306 e. The van der Waals surface area contributed by atoms with E-state index in [-0.39, 0.29) is 31.1 Å². The fourth-order valence-electron chi connectivity index (χ4n) is 6.80. The maximum absolute atomic E-state index is 12.7. The highest BCUT2D eigenvalue weighted by molar-refractivity contribution is 5.71. The number of hydrogen-bond donors (Lipinski definition) is 0. The van der Waals surface area contributed by atoms with Crippen molar-refractivity contribution in [3.05, 3.63) is 48.6 Å². The minimum absolute atomic E-state index is 0.0841. The number of ether oxygens (including phenoxy) is 3. The predicted octanol–water partition coefficient (Wildman–Crippen LogP) is 15.9. The summed E-state index contributed by atoms with van der Waals surface area (Å²) in [6.07, 6.45) is 55.2. The average molecular weight is 813 g/mol. The molecule has 1 unspecified atom stereocenters. The van der Waals surface area contributed by atoms with Gasteiger partial charge in [-0.2, -0.15) is 0 Å². The van der Waals surface area contributed by atoms with E-state index >= 15 is 0 Å². The number of rotatable bonds is 44. The van der Waals surface area contributed by atoms with Crippen molar-refractivity contribution in [3.8, 4) is 0 Å². The van der Waals surface area contributed by atoms with E-state index in [0.717, 1.165) is 83.5 Å². The molecule has 0 aromatic heterocycles. The quantitative estimate of drug-likeness (QED) is 0.0200. The molecule has 0 aliphatic carbocycles. The van der Waals surface area contributed by atoms with Crippen molar-refractivity contribution in [2.45, 2.75) is 252 Å². The van der Waals surface area contributed by atoms with Gasteiger partial charge in [0.15, 0.2) is 6.10 Å². The summed E-state index contributed by atoms with van der Waals surface area (Å²) in [4.78, 5) is 37.8. The predicted molar refractivity (Wildman–Crippen MR) is 247 cm³/mol. The van der Waals surface area contributed by atoms with Crippen LogP contribution in [0.1, 0.15) is 245 Å². The molecule has 0 aliphatic heterocycles. The van der Waals surface area contributed by atoms with Crippen molar-refractivity contribution in [1.29, 1.82) is 0 Å². The van der Waals surface area contributed by atoms with Gasteiger partial charge >= 0.3 is 17.9 Å². The van der Waals surface area contributed by atoms with E-state index in [9.17, 15) is 14.4 Å². The molecular formula is C52H92O6. The van der Waals surface area contributed by atoms with Gasteiger partial charge in [0.1, 0.15) is 13.2 Å². The molecule has 0 aliphatic rings. The van der Waals surface area contributed by atoms with Crippen LogP contribution in [0.4, 0.5) is 0 Å². The molecule has 0 heterocycles.